The molecule has 1 unspecified atom stereocenters. The highest BCUT2D eigenvalue weighted by atomic mass is 16.5. The van der Waals surface area contributed by atoms with E-state index in [1.165, 1.54) is 12.8 Å². The van der Waals surface area contributed by atoms with E-state index in [-0.39, 0.29) is 12.0 Å². The van der Waals surface area contributed by atoms with Gasteiger partial charge in [-0.25, -0.2) is 0 Å². The van der Waals surface area contributed by atoms with Gasteiger partial charge in [-0.2, -0.15) is 0 Å². The summed E-state index contributed by atoms with van der Waals surface area (Å²) >= 11 is 0. The van der Waals surface area contributed by atoms with Crippen LogP contribution in [0, 0.1) is 5.92 Å². The Kier molecular flexibility index (Phi) is 7.36. The average Bonchev–Trinajstić information content (AvgIpc) is 3.39. The standard InChI is InChI=1S/C21H32N4O2/c1-22-21(23-13-7-15-27-19-10-3-2-4-11-19)24-18-12-14-25(16-18)20(26)17-8-5-6-9-17/h2-4,10-11,17-18H,5-9,12-16H2,1H3,(H2,22,23,24). The summed E-state index contributed by atoms with van der Waals surface area (Å²) in [5.41, 5.74) is 0. The first-order valence-electron chi connectivity index (χ1n) is 10.2. The molecule has 2 N–H and O–H groups in total. The van der Waals surface area contributed by atoms with Crippen LogP contribution in [0.1, 0.15) is 38.5 Å². The number of para-hydroxylation sites is 1. The van der Waals surface area contributed by atoms with E-state index in [1.807, 2.05) is 35.2 Å². The quantitative estimate of drug-likeness (QED) is 0.438. The Morgan fingerprint density at radius 1 is 1.22 bits per heavy atom. The third-order valence-electron chi connectivity index (χ3n) is 5.39. The number of hydrogen-bond donors (Lipinski definition) is 2. The molecule has 2 aliphatic rings. The fourth-order valence-electron chi connectivity index (χ4n) is 3.88. The monoisotopic (exact) mass is 372 g/mol. The Hall–Kier alpha value is -2.24. The fourth-order valence-corrected chi connectivity index (χ4v) is 3.88. The van der Waals surface area contributed by atoms with Crippen molar-refractivity contribution in [2.75, 3.05) is 33.3 Å². The van der Waals surface area contributed by atoms with Gasteiger partial charge in [0.2, 0.25) is 5.91 Å². The van der Waals surface area contributed by atoms with E-state index in [1.54, 1.807) is 7.05 Å². The van der Waals surface area contributed by atoms with Crippen molar-refractivity contribution in [2.45, 2.75) is 44.6 Å². The molecule has 0 spiro atoms. The molecule has 0 radical (unpaired) electrons. The highest BCUT2D eigenvalue weighted by Gasteiger charge is 2.32. The van der Waals surface area contributed by atoms with Crippen molar-refractivity contribution in [3.63, 3.8) is 0 Å². The number of guanidine groups is 1. The molecule has 148 valence electrons. The van der Waals surface area contributed by atoms with Crippen molar-refractivity contribution in [2.24, 2.45) is 10.9 Å². The zero-order chi connectivity index (χ0) is 18.9. The number of ether oxygens (including phenoxy) is 1. The minimum absolute atomic E-state index is 0.269. The highest BCUT2D eigenvalue weighted by molar-refractivity contribution is 5.81. The molecular formula is C21H32N4O2. The Labute approximate surface area is 162 Å². The summed E-state index contributed by atoms with van der Waals surface area (Å²) in [7, 11) is 1.78. The average molecular weight is 373 g/mol. The summed E-state index contributed by atoms with van der Waals surface area (Å²) in [5.74, 6) is 2.33. The Morgan fingerprint density at radius 3 is 2.74 bits per heavy atom. The molecule has 1 atom stereocenters. The van der Waals surface area contributed by atoms with E-state index < -0.39 is 0 Å². The van der Waals surface area contributed by atoms with E-state index in [0.29, 0.717) is 12.5 Å². The lowest BCUT2D eigenvalue weighted by atomic mass is 10.1. The van der Waals surface area contributed by atoms with Gasteiger partial charge < -0.3 is 20.3 Å². The lowest BCUT2D eigenvalue weighted by Gasteiger charge is -2.21. The maximum atomic E-state index is 12.5. The molecule has 1 saturated heterocycles. The van der Waals surface area contributed by atoms with Crippen LogP contribution in [0.4, 0.5) is 0 Å². The molecule has 1 aromatic carbocycles. The van der Waals surface area contributed by atoms with Gasteiger partial charge in [-0.05, 0) is 37.8 Å². The molecular weight excluding hydrogens is 340 g/mol. The van der Waals surface area contributed by atoms with Crippen LogP contribution >= 0.6 is 0 Å². The van der Waals surface area contributed by atoms with Crippen LogP contribution < -0.4 is 15.4 Å². The first-order valence-corrected chi connectivity index (χ1v) is 10.2. The zero-order valence-electron chi connectivity index (χ0n) is 16.3. The molecule has 1 saturated carbocycles. The summed E-state index contributed by atoms with van der Waals surface area (Å²) < 4.78 is 5.70. The summed E-state index contributed by atoms with van der Waals surface area (Å²) in [5, 5.41) is 6.79. The van der Waals surface area contributed by atoms with Crippen LogP contribution in [0.2, 0.25) is 0 Å². The molecule has 27 heavy (non-hydrogen) atoms. The second kappa shape index (κ2) is 10.2. The van der Waals surface area contributed by atoms with E-state index in [4.69, 9.17) is 4.74 Å². The van der Waals surface area contributed by atoms with Crippen molar-refractivity contribution in [3.8, 4) is 5.75 Å². The van der Waals surface area contributed by atoms with E-state index in [2.05, 4.69) is 15.6 Å². The Balaban J connectivity index is 1.32. The van der Waals surface area contributed by atoms with E-state index in [0.717, 1.165) is 57.0 Å². The van der Waals surface area contributed by atoms with E-state index in [9.17, 15) is 4.79 Å². The molecule has 1 heterocycles. The Morgan fingerprint density at radius 2 is 2.00 bits per heavy atom. The SMILES string of the molecule is CN=C(NCCCOc1ccccc1)NC1CCN(C(=O)C2CCCC2)C1. The minimum atomic E-state index is 0.269. The Bertz CT molecular complexity index is 614. The maximum absolute atomic E-state index is 12.5. The molecule has 2 fully saturated rings. The second-order valence-electron chi connectivity index (χ2n) is 7.41. The summed E-state index contributed by atoms with van der Waals surface area (Å²) in [6.07, 6.45) is 6.43. The van der Waals surface area contributed by atoms with Gasteiger partial charge in [-0.1, -0.05) is 31.0 Å². The topological polar surface area (TPSA) is 66.0 Å². The number of benzene rings is 1. The smallest absolute Gasteiger partial charge is 0.225 e. The number of aliphatic imine (C=N–C) groups is 1. The number of rotatable bonds is 7. The number of nitrogens with zero attached hydrogens (tertiary/aromatic N) is 2. The predicted molar refractivity (Wildman–Crippen MR) is 108 cm³/mol. The third-order valence-corrected chi connectivity index (χ3v) is 5.39. The van der Waals surface area contributed by atoms with Crippen molar-refractivity contribution in [1.29, 1.82) is 0 Å². The predicted octanol–water partition coefficient (Wildman–Crippen LogP) is 2.41. The molecule has 1 aliphatic heterocycles. The zero-order valence-corrected chi connectivity index (χ0v) is 16.3. The normalized spacial score (nSPS) is 20.7. The highest BCUT2D eigenvalue weighted by Crippen LogP contribution is 2.27. The molecule has 0 aromatic heterocycles. The van der Waals surface area contributed by atoms with Gasteiger partial charge >= 0.3 is 0 Å². The van der Waals surface area contributed by atoms with Crippen molar-refractivity contribution in [1.82, 2.24) is 15.5 Å². The lowest BCUT2D eigenvalue weighted by Crippen LogP contribution is -2.45. The van der Waals surface area contributed by atoms with Crippen LogP contribution in [-0.2, 0) is 4.79 Å². The van der Waals surface area contributed by atoms with Gasteiger partial charge in [0.25, 0.3) is 0 Å². The van der Waals surface area contributed by atoms with E-state index >= 15 is 0 Å². The summed E-state index contributed by atoms with van der Waals surface area (Å²) in [6, 6.07) is 10.1. The fraction of sp³-hybridized carbons (Fsp3) is 0.619. The van der Waals surface area contributed by atoms with Crippen LogP contribution in [0.25, 0.3) is 0 Å². The van der Waals surface area contributed by atoms with Crippen molar-refractivity contribution >= 4 is 11.9 Å². The summed E-state index contributed by atoms with van der Waals surface area (Å²) in [4.78, 5) is 18.9. The minimum Gasteiger partial charge on any atom is -0.494 e. The number of carbonyl (C=O) groups is 1. The van der Waals surface area contributed by atoms with Gasteiger partial charge in [-0.15, -0.1) is 0 Å². The third kappa shape index (κ3) is 5.88. The van der Waals surface area contributed by atoms with Gasteiger partial charge in [0, 0.05) is 38.6 Å². The molecule has 6 nitrogen and oxygen atoms in total. The summed E-state index contributed by atoms with van der Waals surface area (Å²) in [6.45, 7) is 3.10. The number of carbonyl (C=O) groups excluding carboxylic acids is 1. The van der Waals surface area contributed by atoms with Crippen LogP contribution in [-0.4, -0.2) is 56.1 Å². The largest absolute Gasteiger partial charge is 0.494 e. The molecule has 3 rings (SSSR count). The van der Waals surface area contributed by atoms with Crippen molar-refractivity contribution < 1.29 is 9.53 Å². The molecule has 1 amide bonds. The second-order valence-corrected chi connectivity index (χ2v) is 7.41. The van der Waals surface area contributed by atoms with Crippen molar-refractivity contribution in [3.05, 3.63) is 30.3 Å². The van der Waals surface area contributed by atoms with Gasteiger partial charge in [0.1, 0.15) is 5.75 Å². The molecule has 6 heteroatoms. The lowest BCUT2D eigenvalue weighted by molar-refractivity contribution is -0.134. The van der Waals surface area contributed by atoms with Crippen LogP contribution in [0.5, 0.6) is 5.75 Å². The molecule has 1 aromatic rings. The van der Waals surface area contributed by atoms with Crippen LogP contribution in [0.15, 0.2) is 35.3 Å². The molecule has 0 bridgehead atoms. The first-order chi connectivity index (χ1) is 13.3. The van der Waals surface area contributed by atoms with Gasteiger partial charge in [0.05, 0.1) is 6.61 Å². The number of nitrogens with one attached hydrogen (secondary N) is 2. The number of amides is 1. The van der Waals surface area contributed by atoms with Crippen LogP contribution in [0.3, 0.4) is 0 Å². The molecule has 1 aliphatic carbocycles. The number of likely N-dealkylation sites (tertiary alicyclic amines) is 1. The first kappa shape index (κ1) is 19.5. The number of hydrogen-bond acceptors (Lipinski definition) is 3. The van der Waals surface area contributed by atoms with Gasteiger partial charge in [0.15, 0.2) is 5.96 Å². The maximum Gasteiger partial charge on any atom is 0.225 e. The van der Waals surface area contributed by atoms with Gasteiger partial charge in [-0.3, -0.25) is 9.79 Å².